The highest BCUT2D eigenvalue weighted by atomic mass is 16.5. The maximum absolute atomic E-state index is 11.6. The predicted octanol–water partition coefficient (Wildman–Crippen LogP) is 2.35. The number of esters is 1. The van der Waals surface area contributed by atoms with Gasteiger partial charge in [0.05, 0.1) is 18.6 Å². The summed E-state index contributed by atoms with van der Waals surface area (Å²) in [6.07, 6.45) is 7.84. The minimum absolute atomic E-state index is 0.0806. The smallest absolute Gasteiger partial charge is 0.307 e. The van der Waals surface area contributed by atoms with Crippen LogP contribution in [-0.2, 0) is 9.53 Å². The summed E-state index contributed by atoms with van der Waals surface area (Å²) in [5, 5.41) is 10.6. The lowest BCUT2D eigenvalue weighted by molar-refractivity contribution is -0.144. The second-order valence-electron chi connectivity index (χ2n) is 6.42. The number of carbonyl (C=O) groups is 1. The number of likely N-dealkylation sites (tertiary alicyclic amines) is 1. The van der Waals surface area contributed by atoms with Crippen molar-refractivity contribution in [2.24, 2.45) is 5.92 Å². The standard InChI is InChI=1S/C16H29NO3/c1-2-3-12-20-15(18)7-10-17-11-9-16(19)8-5-4-6-14(16)13-17/h14,19H,2-13H2,1H3. The molecule has 1 N–H and O–H groups in total. The zero-order chi connectivity index (χ0) is 14.4. The minimum atomic E-state index is -0.420. The lowest BCUT2D eigenvalue weighted by Crippen LogP contribution is -2.53. The van der Waals surface area contributed by atoms with Crippen molar-refractivity contribution >= 4 is 5.97 Å². The SMILES string of the molecule is CCCCOC(=O)CCN1CCC2(O)CCCCC2C1. The molecule has 20 heavy (non-hydrogen) atoms. The number of aliphatic hydroxyl groups is 1. The second kappa shape index (κ2) is 7.41. The molecule has 1 aliphatic heterocycles. The number of rotatable bonds is 6. The van der Waals surface area contributed by atoms with Gasteiger partial charge in [0.25, 0.3) is 0 Å². The number of unbranched alkanes of at least 4 members (excludes halogenated alkanes) is 1. The lowest BCUT2D eigenvalue weighted by Gasteiger charge is -2.47. The molecule has 0 spiro atoms. The van der Waals surface area contributed by atoms with E-state index in [0.717, 1.165) is 58.2 Å². The van der Waals surface area contributed by atoms with Gasteiger partial charge in [0, 0.05) is 25.6 Å². The Morgan fingerprint density at radius 2 is 2.25 bits per heavy atom. The summed E-state index contributed by atoms with van der Waals surface area (Å²) in [6, 6.07) is 0. The average Bonchev–Trinajstić information content (AvgIpc) is 2.45. The Morgan fingerprint density at radius 3 is 3.05 bits per heavy atom. The molecule has 4 nitrogen and oxygen atoms in total. The van der Waals surface area contributed by atoms with E-state index in [-0.39, 0.29) is 5.97 Å². The van der Waals surface area contributed by atoms with Crippen molar-refractivity contribution in [3.05, 3.63) is 0 Å². The van der Waals surface area contributed by atoms with Crippen LogP contribution in [-0.4, -0.2) is 47.8 Å². The Hall–Kier alpha value is -0.610. The maximum atomic E-state index is 11.6. The Bertz CT molecular complexity index is 321. The van der Waals surface area contributed by atoms with E-state index in [0.29, 0.717) is 18.9 Å². The molecule has 2 rings (SSSR count). The maximum Gasteiger partial charge on any atom is 0.307 e. The molecular weight excluding hydrogens is 254 g/mol. The molecule has 2 aliphatic rings. The third-order valence-corrected chi connectivity index (χ3v) is 4.90. The first-order valence-electron chi connectivity index (χ1n) is 8.24. The van der Waals surface area contributed by atoms with E-state index < -0.39 is 5.60 Å². The van der Waals surface area contributed by atoms with Gasteiger partial charge in [-0.1, -0.05) is 26.2 Å². The van der Waals surface area contributed by atoms with Gasteiger partial charge in [0.15, 0.2) is 0 Å². The molecule has 1 saturated heterocycles. The Kier molecular flexibility index (Phi) is 5.85. The quantitative estimate of drug-likeness (QED) is 0.600. The van der Waals surface area contributed by atoms with Crippen molar-refractivity contribution in [3.8, 4) is 0 Å². The van der Waals surface area contributed by atoms with Gasteiger partial charge in [-0.25, -0.2) is 0 Å². The van der Waals surface area contributed by atoms with Crippen LogP contribution in [0.3, 0.4) is 0 Å². The van der Waals surface area contributed by atoms with E-state index in [1.807, 2.05) is 0 Å². The predicted molar refractivity (Wildman–Crippen MR) is 78.4 cm³/mol. The van der Waals surface area contributed by atoms with Gasteiger partial charge in [-0.2, -0.15) is 0 Å². The van der Waals surface area contributed by atoms with Gasteiger partial charge in [0.1, 0.15) is 0 Å². The number of hydrogen-bond acceptors (Lipinski definition) is 4. The second-order valence-corrected chi connectivity index (χ2v) is 6.42. The van der Waals surface area contributed by atoms with E-state index in [1.54, 1.807) is 0 Å². The molecule has 0 aromatic heterocycles. The molecular formula is C16H29NO3. The van der Waals surface area contributed by atoms with Gasteiger partial charge >= 0.3 is 5.97 Å². The summed E-state index contributed by atoms with van der Waals surface area (Å²) >= 11 is 0. The molecule has 4 heteroatoms. The van der Waals surface area contributed by atoms with E-state index >= 15 is 0 Å². The van der Waals surface area contributed by atoms with Crippen LogP contribution >= 0.6 is 0 Å². The van der Waals surface area contributed by atoms with Crippen LogP contribution in [0.2, 0.25) is 0 Å². The molecule has 2 atom stereocenters. The first kappa shape index (κ1) is 15.8. The molecule has 0 amide bonds. The fraction of sp³-hybridized carbons (Fsp3) is 0.938. The van der Waals surface area contributed by atoms with Crippen LogP contribution < -0.4 is 0 Å². The van der Waals surface area contributed by atoms with Crippen LogP contribution in [0.25, 0.3) is 0 Å². The van der Waals surface area contributed by atoms with Gasteiger partial charge in [-0.3, -0.25) is 4.79 Å². The molecule has 0 bridgehead atoms. The molecule has 0 radical (unpaired) electrons. The Morgan fingerprint density at radius 1 is 1.40 bits per heavy atom. The highest BCUT2D eigenvalue weighted by molar-refractivity contribution is 5.69. The van der Waals surface area contributed by atoms with Crippen molar-refractivity contribution in [3.63, 3.8) is 0 Å². The number of piperidine rings is 1. The monoisotopic (exact) mass is 283 g/mol. The third kappa shape index (κ3) is 4.19. The van der Waals surface area contributed by atoms with Gasteiger partial charge in [-0.15, -0.1) is 0 Å². The number of fused-ring (bicyclic) bond motifs is 1. The van der Waals surface area contributed by atoms with E-state index in [9.17, 15) is 9.90 Å². The van der Waals surface area contributed by atoms with Gasteiger partial charge in [-0.05, 0) is 25.7 Å². The van der Waals surface area contributed by atoms with Crippen molar-refractivity contribution in [1.29, 1.82) is 0 Å². The fourth-order valence-electron chi connectivity index (χ4n) is 3.49. The molecule has 1 saturated carbocycles. The van der Waals surface area contributed by atoms with Gasteiger partial charge in [0.2, 0.25) is 0 Å². The first-order valence-corrected chi connectivity index (χ1v) is 8.24. The fourth-order valence-corrected chi connectivity index (χ4v) is 3.49. The molecule has 0 aromatic rings. The third-order valence-electron chi connectivity index (χ3n) is 4.90. The van der Waals surface area contributed by atoms with Crippen molar-refractivity contribution in [1.82, 2.24) is 4.90 Å². The number of hydrogen-bond donors (Lipinski definition) is 1. The van der Waals surface area contributed by atoms with Crippen LogP contribution in [0, 0.1) is 5.92 Å². The minimum Gasteiger partial charge on any atom is -0.466 e. The number of carbonyl (C=O) groups excluding carboxylic acids is 1. The van der Waals surface area contributed by atoms with Crippen molar-refractivity contribution in [2.45, 2.75) is 63.9 Å². The summed E-state index contributed by atoms with van der Waals surface area (Å²) < 4.78 is 5.18. The summed E-state index contributed by atoms with van der Waals surface area (Å²) in [4.78, 5) is 13.9. The number of nitrogens with zero attached hydrogens (tertiary/aromatic N) is 1. The molecule has 2 unspecified atom stereocenters. The highest BCUT2D eigenvalue weighted by Crippen LogP contribution is 2.39. The normalized spacial score (nSPS) is 30.8. The molecule has 1 heterocycles. The zero-order valence-electron chi connectivity index (χ0n) is 12.8. The Balaban J connectivity index is 1.69. The van der Waals surface area contributed by atoms with Gasteiger partial charge < -0.3 is 14.7 Å². The molecule has 116 valence electrons. The van der Waals surface area contributed by atoms with Crippen LogP contribution in [0.1, 0.15) is 58.3 Å². The van der Waals surface area contributed by atoms with Crippen molar-refractivity contribution in [2.75, 3.05) is 26.2 Å². The van der Waals surface area contributed by atoms with Crippen LogP contribution in [0.5, 0.6) is 0 Å². The summed E-state index contributed by atoms with van der Waals surface area (Å²) in [5.41, 5.74) is -0.420. The van der Waals surface area contributed by atoms with E-state index in [4.69, 9.17) is 4.74 Å². The summed E-state index contributed by atoms with van der Waals surface area (Å²) in [5.74, 6) is 0.323. The van der Waals surface area contributed by atoms with Crippen molar-refractivity contribution < 1.29 is 14.6 Å². The largest absolute Gasteiger partial charge is 0.466 e. The van der Waals surface area contributed by atoms with E-state index in [1.165, 1.54) is 6.42 Å². The van der Waals surface area contributed by atoms with Crippen LogP contribution in [0.15, 0.2) is 0 Å². The average molecular weight is 283 g/mol. The summed E-state index contributed by atoms with van der Waals surface area (Å²) in [7, 11) is 0. The molecule has 2 fully saturated rings. The topological polar surface area (TPSA) is 49.8 Å². The summed E-state index contributed by atoms with van der Waals surface area (Å²) in [6.45, 7) is 5.27. The first-order chi connectivity index (χ1) is 9.64. The van der Waals surface area contributed by atoms with E-state index in [2.05, 4.69) is 11.8 Å². The molecule has 1 aliphatic carbocycles. The zero-order valence-corrected chi connectivity index (χ0v) is 12.8. The van der Waals surface area contributed by atoms with Crippen LogP contribution in [0.4, 0.5) is 0 Å². The Labute approximate surface area is 122 Å². The molecule has 0 aromatic carbocycles. The lowest BCUT2D eigenvalue weighted by atomic mass is 9.71. The number of ether oxygens (including phenoxy) is 1. The highest BCUT2D eigenvalue weighted by Gasteiger charge is 2.42.